The minimum Gasteiger partial charge on any atom is -0.378 e. The van der Waals surface area contributed by atoms with Crippen molar-refractivity contribution in [2.45, 2.75) is 23.6 Å². The van der Waals surface area contributed by atoms with Crippen LogP contribution in [0.2, 0.25) is 5.02 Å². The van der Waals surface area contributed by atoms with Gasteiger partial charge in [-0.3, -0.25) is 0 Å². The number of nitrogens with one attached hydrogen (secondary N) is 1. The highest BCUT2D eigenvalue weighted by molar-refractivity contribution is 7.99. The average Bonchev–Trinajstić information content (AvgIpc) is 2.43. The van der Waals surface area contributed by atoms with Crippen LogP contribution in [-0.2, 0) is 0 Å². The molecule has 1 N–H and O–H groups in total. The second-order valence-electron chi connectivity index (χ2n) is 4.41. The van der Waals surface area contributed by atoms with Gasteiger partial charge < -0.3 is 5.32 Å². The van der Waals surface area contributed by atoms with Crippen LogP contribution in [0.1, 0.15) is 18.5 Å². The molecule has 2 aromatic carbocycles. The van der Waals surface area contributed by atoms with E-state index in [1.165, 1.54) is 12.1 Å². The highest BCUT2D eigenvalue weighted by Crippen LogP contribution is 2.33. The van der Waals surface area contributed by atoms with Crippen molar-refractivity contribution in [2.24, 2.45) is 0 Å². The van der Waals surface area contributed by atoms with Crippen molar-refractivity contribution < 1.29 is 13.2 Å². The third-order valence-corrected chi connectivity index (χ3v) is 4.01. The molecule has 1 nitrogen and oxygen atoms in total. The number of hydrogen-bond acceptors (Lipinski definition) is 2. The minimum absolute atomic E-state index is 0.0552. The van der Waals surface area contributed by atoms with E-state index in [0.29, 0.717) is 27.9 Å². The lowest BCUT2D eigenvalue weighted by atomic mass is 10.1. The molecule has 2 rings (SSSR count). The Morgan fingerprint density at radius 3 is 2.52 bits per heavy atom. The van der Waals surface area contributed by atoms with Gasteiger partial charge in [0.25, 0.3) is 5.76 Å². The molecular formula is C15H13ClF3NS. The molecule has 0 fully saturated rings. The van der Waals surface area contributed by atoms with Gasteiger partial charge in [-0.25, -0.2) is 4.39 Å². The Balaban J connectivity index is 2.19. The first-order valence-electron chi connectivity index (χ1n) is 6.22. The van der Waals surface area contributed by atoms with Crippen LogP contribution in [-0.4, -0.2) is 5.76 Å². The van der Waals surface area contributed by atoms with E-state index in [9.17, 15) is 13.2 Å². The monoisotopic (exact) mass is 331 g/mol. The topological polar surface area (TPSA) is 12.0 Å². The van der Waals surface area contributed by atoms with E-state index >= 15 is 0 Å². The first kappa shape index (κ1) is 16.0. The molecular weight excluding hydrogens is 319 g/mol. The van der Waals surface area contributed by atoms with Crippen LogP contribution in [0.25, 0.3) is 0 Å². The van der Waals surface area contributed by atoms with Crippen molar-refractivity contribution in [2.75, 3.05) is 5.32 Å². The largest absolute Gasteiger partial charge is 0.378 e. The van der Waals surface area contributed by atoms with Crippen LogP contribution in [0.15, 0.2) is 47.4 Å². The van der Waals surface area contributed by atoms with E-state index in [1.54, 1.807) is 30.3 Å². The molecule has 21 heavy (non-hydrogen) atoms. The summed E-state index contributed by atoms with van der Waals surface area (Å²) >= 11 is 6.12. The molecule has 0 radical (unpaired) electrons. The lowest BCUT2D eigenvalue weighted by molar-refractivity contribution is 0.252. The standard InChI is InChI=1S/C15H13ClF3NS/c1-9(10-6-7-11(16)12(17)8-10)20-13-4-2-3-5-14(13)21-15(18)19/h2-9,15,20H,1H3. The van der Waals surface area contributed by atoms with Gasteiger partial charge in [-0.1, -0.05) is 41.6 Å². The van der Waals surface area contributed by atoms with Crippen molar-refractivity contribution in [1.29, 1.82) is 0 Å². The summed E-state index contributed by atoms with van der Waals surface area (Å²) in [5.41, 5.74) is 1.28. The second kappa shape index (κ2) is 7.09. The summed E-state index contributed by atoms with van der Waals surface area (Å²) in [6, 6.07) is 11.1. The highest BCUT2D eigenvalue weighted by Gasteiger charge is 2.13. The Hall–Kier alpha value is -1.33. The van der Waals surface area contributed by atoms with Gasteiger partial charge in [0.05, 0.1) is 5.02 Å². The summed E-state index contributed by atoms with van der Waals surface area (Å²) in [4.78, 5) is 0.453. The van der Waals surface area contributed by atoms with Crippen molar-refractivity contribution in [3.8, 4) is 0 Å². The Morgan fingerprint density at radius 1 is 1.14 bits per heavy atom. The summed E-state index contributed by atoms with van der Waals surface area (Å²) in [5.74, 6) is -2.99. The zero-order valence-electron chi connectivity index (χ0n) is 11.1. The average molecular weight is 332 g/mol. The maximum absolute atomic E-state index is 13.5. The van der Waals surface area contributed by atoms with Crippen LogP contribution >= 0.6 is 23.4 Å². The van der Waals surface area contributed by atoms with E-state index in [0.717, 1.165) is 0 Å². The normalized spacial score (nSPS) is 12.5. The Labute approximate surface area is 130 Å². The third kappa shape index (κ3) is 4.32. The third-order valence-electron chi connectivity index (χ3n) is 2.92. The predicted molar refractivity (Wildman–Crippen MR) is 81.8 cm³/mol. The van der Waals surface area contributed by atoms with E-state index < -0.39 is 11.6 Å². The van der Waals surface area contributed by atoms with E-state index in [2.05, 4.69) is 5.32 Å². The zero-order valence-corrected chi connectivity index (χ0v) is 12.7. The molecule has 112 valence electrons. The van der Waals surface area contributed by atoms with Crippen molar-refractivity contribution in [1.82, 2.24) is 0 Å². The Morgan fingerprint density at radius 2 is 1.86 bits per heavy atom. The maximum atomic E-state index is 13.5. The van der Waals surface area contributed by atoms with Crippen LogP contribution < -0.4 is 5.32 Å². The molecule has 0 aliphatic carbocycles. The molecule has 2 aromatic rings. The minimum atomic E-state index is -2.49. The Bertz CT molecular complexity index is 622. The van der Waals surface area contributed by atoms with Gasteiger partial charge in [0.15, 0.2) is 0 Å². The second-order valence-corrected chi connectivity index (χ2v) is 5.85. The predicted octanol–water partition coefficient (Wildman–Crippen LogP) is 5.97. The number of benzene rings is 2. The number of alkyl halides is 2. The van der Waals surface area contributed by atoms with Gasteiger partial charge in [0.1, 0.15) is 5.82 Å². The molecule has 0 aliphatic rings. The zero-order chi connectivity index (χ0) is 15.4. The fourth-order valence-corrected chi connectivity index (χ4v) is 2.60. The lowest BCUT2D eigenvalue weighted by Crippen LogP contribution is -2.08. The van der Waals surface area contributed by atoms with Crippen molar-refractivity contribution in [3.63, 3.8) is 0 Å². The maximum Gasteiger partial charge on any atom is 0.288 e. The number of para-hydroxylation sites is 1. The van der Waals surface area contributed by atoms with E-state index in [4.69, 9.17) is 11.6 Å². The molecule has 0 spiro atoms. The van der Waals surface area contributed by atoms with Crippen LogP contribution in [0.3, 0.4) is 0 Å². The molecule has 1 unspecified atom stereocenters. The molecule has 0 saturated heterocycles. The fraction of sp³-hybridized carbons (Fsp3) is 0.200. The molecule has 0 bridgehead atoms. The molecule has 0 saturated carbocycles. The SMILES string of the molecule is CC(Nc1ccccc1SC(F)F)c1ccc(Cl)c(F)c1. The van der Waals surface area contributed by atoms with E-state index in [-0.39, 0.29) is 11.1 Å². The summed E-state index contributed by atoms with van der Waals surface area (Å²) in [7, 11) is 0. The summed E-state index contributed by atoms with van der Waals surface area (Å²) in [5, 5.41) is 3.17. The van der Waals surface area contributed by atoms with Crippen LogP contribution in [0.5, 0.6) is 0 Å². The number of hydrogen-bond donors (Lipinski definition) is 1. The van der Waals surface area contributed by atoms with Crippen LogP contribution in [0.4, 0.5) is 18.9 Å². The quantitative estimate of drug-likeness (QED) is 0.678. The molecule has 1 atom stereocenters. The lowest BCUT2D eigenvalue weighted by Gasteiger charge is -2.18. The number of rotatable bonds is 5. The molecule has 0 heterocycles. The van der Waals surface area contributed by atoms with Crippen molar-refractivity contribution >= 4 is 29.1 Å². The Kier molecular flexibility index (Phi) is 5.42. The first-order chi connectivity index (χ1) is 9.97. The summed E-state index contributed by atoms with van der Waals surface area (Å²) in [6.07, 6.45) is 0. The molecule has 0 aliphatic heterocycles. The number of thioether (sulfide) groups is 1. The summed E-state index contributed by atoms with van der Waals surface area (Å²) < 4.78 is 38.5. The van der Waals surface area contributed by atoms with Gasteiger partial charge in [-0.2, -0.15) is 8.78 Å². The molecule has 0 amide bonds. The van der Waals surface area contributed by atoms with Gasteiger partial charge in [-0.15, -0.1) is 0 Å². The fourth-order valence-electron chi connectivity index (χ4n) is 1.88. The number of halogens is 4. The summed E-state index contributed by atoms with van der Waals surface area (Å²) in [6.45, 7) is 1.83. The molecule has 6 heteroatoms. The highest BCUT2D eigenvalue weighted by atomic mass is 35.5. The van der Waals surface area contributed by atoms with E-state index in [1.807, 2.05) is 6.92 Å². The first-order valence-corrected chi connectivity index (χ1v) is 7.48. The number of anilines is 1. The van der Waals surface area contributed by atoms with Gasteiger partial charge in [0.2, 0.25) is 0 Å². The van der Waals surface area contributed by atoms with Crippen LogP contribution in [0, 0.1) is 5.82 Å². The van der Waals surface area contributed by atoms with Gasteiger partial charge in [-0.05, 0) is 36.8 Å². The van der Waals surface area contributed by atoms with Gasteiger partial charge in [0, 0.05) is 16.6 Å². The van der Waals surface area contributed by atoms with Crippen molar-refractivity contribution in [3.05, 3.63) is 58.9 Å². The smallest absolute Gasteiger partial charge is 0.288 e. The van der Waals surface area contributed by atoms with Gasteiger partial charge >= 0.3 is 0 Å². The molecule has 0 aromatic heterocycles.